The van der Waals surface area contributed by atoms with Gasteiger partial charge in [0.15, 0.2) is 8.24 Å². The van der Waals surface area contributed by atoms with Crippen molar-refractivity contribution < 1.29 is 4.74 Å². The van der Waals surface area contributed by atoms with Crippen molar-refractivity contribution in [2.75, 3.05) is 7.11 Å². The molecule has 2 aromatic rings. The molecule has 16 heavy (non-hydrogen) atoms. The monoisotopic (exact) mass is 345 g/mol. The van der Waals surface area contributed by atoms with Crippen molar-refractivity contribution in [3.63, 3.8) is 0 Å². The number of hydrogen-bond donors (Lipinski definition) is 0. The molecule has 86 valence electrons. The van der Waals surface area contributed by atoms with E-state index in [1.807, 2.05) is 6.07 Å². The van der Waals surface area contributed by atoms with Crippen LogP contribution in [0.2, 0.25) is 19.6 Å². The summed E-state index contributed by atoms with van der Waals surface area (Å²) in [5.74, 6) is 0.932. The Hall–Kier alpha value is -0.493. The Balaban J connectivity index is 2.75. The first-order chi connectivity index (χ1) is 7.43. The van der Waals surface area contributed by atoms with E-state index in [0.717, 1.165) is 5.75 Å². The zero-order valence-electron chi connectivity index (χ0n) is 10.0. The summed E-state index contributed by atoms with van der Waals surface area (Å²) in [7, 11) is 0.360. The van der Waals surface area contributed by atoms with E-state index in [4.69, 9.17) is 4.74 Å². The molecule has 0 aliphatic heterocycles. The first-order valence-corrected chi connectivity index (χ1v) is 9.81. The molecular weight excluding hydrogens is 329 g/mol. The Kier molecular flexibility index (Phi) is 3.05. The summed E-state index contributed by atoms with van der Waals surface area (Å²) in [5.41, 5.74) is 1.29. The van der Waals surface area contributed by atoms with Gasteiger partial charge in [-0.15, -0.1) is 0 Å². The van der Waals surface area contributed by atoms with Gasteiger partial charge in [-0.3, -0.25) is 0 Å². The molecule has 0 unspecified atom stereocenters. The summed E-state index contributed by atoms with van der Waals surface area (Å²) < 4.78 is 9.05. The second-order valence-electron chi connectivity index (χ2n) is 4.90. The van der Waals surface area contributed by atoms with Gasteiger partial charge in [0.05, 0.1) is 7.11 Å². The summed E-state index contributed by atoms with van der Waals surface area (Å²) in [5, 5.41) is 1.32. The first-order valence-electron chi connectivity index (χ1n) is 5.28. The number of ether oxygens (including phenoxy) is 1. The lowest BCUT2D eigenvalue weighted by atomic mass is 10.2. The largest absolute Gasteiger partial charge is 0.497 e. The predicted molar refractivity (Wildman–Crippen MR) is 80.0 cm³/mol. The van der Waals surface area contributed by atoms with Gasteiger partial charge in [0.25, 0.3) is 0 Å². The van der Waals surface area contributed by atoms with Crippen LogP contribution in [0.1, 0.15) is 0 Å². The van der Waals surface area contributed by atoms with E-state index in [2.05, 4.69) is 64.8 Å². The van der Waals surface area contributed by atoms with Gasteiger partial charge in [-0.1, -0.05) is 19.6 Å². The van der Waals surface area contributed by atoms with Gasteiger partial charge in [0.2, 0.25) is 0 Å². The Bertz CT molecular complexity index is 528. The molecule has 0 amide bonds. The lowest BCUT2D eigenvalue weighted by Gasteiger charge is -2.20. The maximum Gasteiger partial charge on any atom is 0.152 e. The normalized spacial score (nSPS) is 12.1. The molecule has 0 atom stereocenters. The average Bonchev–Trinajstić information content (AvgIpc) is 2.55. The Morgan fingerprint density at radius 2 is 1.94 bits per heavy atom. The highest BCUT2D eigenvalue weighted by Gasteiger charge is 2.20. The molecule has 4 heteroatoms. The minimum absolute atomic E-state index is 0.932. The maximum absolute atomic E-state index is 5.30. The molecule has 0 bridgehead atoms. The van der Waals surface area contributed by atoms with Crippen LogP contribution in [-0.2, 0) is 0 Å². The average molecular weight is 345 g/mol. The molecule has 0 fully saturated rings. The van der Waals surface area contributed by atoms with Gasteiger partial charge in [0, 0.05) is 26.7 Å². The molecule has 0 saturated heterocycles. The van der Waals surface area contributed by atoms with Crippen molar-refractivity contribution >= 4 is 41.7 Å². The highest BCUT2D eigenvalue weighted by Crippen LogP contribution is 2.29. The number of rotatable bonds is 2. The summed E-state index contributed by atoms with van der Waals surface area (Å²) in [6.45, 7) is 7.05. The van der Waals surface area contributed by atoms with Gasteiger partial charge in [0.1, 0.15) is 5.75 Å². The second kappa shape index (κ2) is 4.07. The number of benzene rings is 1. The van der Waals surface area contributed by atoms with Crippen molar-refractivity contribution in [1.29, 1.82) is 0 Å². The minimum atomic E-state index is -1.36. The third-order valence-electron chi connectivity index (χ3n) is 2.69. The number of aromatic nitrogens is 1. The fourth-order valence-corrected chi connectivity index (χ4v) is 4.27. The van der Waals surface area contributed by atoms with Crippen molar-refractivity contribution in [1.82, 2.24) is 4.23 Å². The highest BCUT2D eigenvalue weighted by molar-refractivity contribution is 14.1. The molecule has 1 aromatic heterocycles. The number of nitrogens with zero attached hydrogens (tertiary/aromatic N) is 1. The molecule has 1 heterocycles. The quantitative estimate of drug-likeness (QED) is 0.594. The molecule has 0 saturated carbocycles. The summed E-state index contributed by atoms with van der Waals surface area (Å²) in [6.07, 6.45) is 2.26. The molecule has 2 rings (SSSR count). The van der Waals surface area contributed by atoms with Crippen molar-refractivity contribution in [3.8, 4) is 5.75 Å². The van der Waals surface area contributed by atoms with E-state index in [1.165, 1.54) is 14.5 Å². The highest BCUT2D eigenvalue weighted by atomic mass is 127. The minimum Gasteiger partial charge on any atom is -0.497 e. The smallest absolute Gasteiger partial charge is 0.152 e. The van der Waals surface area contributed by atoms with Crippen LogP contribution in [-0.4, -0.2) is 19.6 Å². The SMILES string of the molecule is COc1ccc2c(I)cn([Si](C)(C)C)c2c1. The molecule has 0 N–H and O–H groups in total. The lowest BCUT2D eigenvalue weighted by Crippen LogP contribution is -2.30. The Morgan fingerprint density at radius 1 is 1.25 bits per heavy atom. The molecule has 0 spiro atoms. The van der Waals surface area contributed by atoms with Gasteiger partial charge < -0.3 is 8.97 Å². The fraction of sp³-hybridized carbons (Fsp3) is 0.333. The number of hydrogen-bond acceptors (Lipinski definition) is 1. The Labute approximate surface area is 111 Å². The molecule has 0 aliphatic rings. The van der Waals surface area contributed by atoms with Crippen molar-refractivity contribution in [3.05, 3.63) is 28.0 Å². The number of methoxy groups -OCH3 is 1. The zero-order valence-corrected chi connectivity index (χ0v) is 13.2. The lowest BCUT2D eigenvalue weighted by molar-refractivity contribution is 0.415. The van der Waals surface area contributed by atoms with E-state index in [-0.39, 0.29) is 0 Å². The van der Waals surface area contributed by atoms with E-state index >= 15 is 0 Å². The van der Waals surface area contributed by atoms with Crippen LogP contribution in [0.4, 0.5) is 0 Å². The van der Waals surface area contributed by atoms with E-state index in [9.17, 15) is 0 Å². The van der Waals surface area contributed by atoms with Gasteiger partial charge in [-0.25, -0.2) is 0 Å². The van der Waals surface area contributed by atoms with Gasteiger partial charge in [-0.2, -0.15) is 0 Å². The second-order valence-corrected chi connectivity index (χ2v) is 10.9. The first kappa shape index (κ1) is 12.0. The van der Waals surface area contributed by atoms with Crippen LogP contribution in [0, 0.1) is 3.57 Å². The summed E-state index contributed by atoms with van der Waals surface area (Å²) in [4.78, 5) is 0. The maximum atomic E-state index is 5.30. The fourth-order valence-electron chi connectivity index (χ4n) is 1.85. The molecule has 0 radical (unpaired) electrons. The molecular formula is C12H16INOSi. The van der Waals surface area contributed by atoms with E-state index in [0.29, 0.717) is 0 Å². The van der Waals surface area contributed by atoms with Gasteiger partial charge in [-0.05, 0) is 34.7 Å². The van der Waals surface area contributed by atoms with Crippen LogP contribution in [0.25, 0.3) is 10.9 Å². The molecule has 1 aromatic carbocycles. The zero-order chi connectivity index (χ0) is 11.9. The third-order valence-corrected chi connectivity index (χ3v) is 5.36. The van der Waals surface area contributed by atoms with E-state index < -0.39 is 8.24 Å². The van der Waals surface area contributed by atoms with Crippen LogP contribution >= 0.6 is 22.6 Å². The number of halogens is 1. The molecule has 0 aliphatic carbocycles. The van der Waals surface area contributed by atoms with Crippen LogP contribution in [0.15, 0.2) is 24.4 Å². The van der Waals surface area contributed by atoms with Crippen molar-refractivity contribution in [2.45, 2.75) is 19.6 Å². The van der Waals surface area contributed by atoms with Crippen LogP contribution < -0.4 is 4.74 Å². The summed E-state index contributed by atoms with van der Waals surface area (Å²) >= 11 is 2.40. The van der Waals surface area contributed by atoms with Crippen LogP contribution in [0.3, 0.4) is 0 Å². The number of fused-ring (bicyclic) bond motifs is 1. The predicted octanol–water partition coefficient (Wildman–Crippen LogP) is 3.94. The van der Waals surface area contributed by atoms with E-state index in [1.54, 1.807) is 7.11 Å². The van der Waals surface area contributed by atoms with Crippen molar-refractivity contribution in [2.24, 2.45) is 0 Å². The van der Waals surface area contributed by atoms with Gasteiger partial charge >= 0.3 is 0 Å². The van der Waals surface area contributed by atoms with Crippen LogP contribution in [0.5, 0.6) is 5.75 Å². The standard InChI is InChI=1S/C12H16INOSi/c1-15-9-5-6-10-11(13)8-14(12(10)7-9)16(2,3)4/h5-8H,1-4H3. The topological polar surface area (TPSA) is 14.2 Å². The molecule has 2 nitrogen and oxygen atoms in total. The Morgan fingerprint density at radius 3 is 2.50 bits per heavy atom. The third kappa shape index (κ3) is 2.00. The summed E-state index contributed by atoms with van der Waals surface area (Å²) in [6, 6.07) is 6.31.